The highest BCUT2D eigenvalue weighted by Gasteiger charge is 2.02. The smallest absolute Gasteiger partial charge is 0.132 e. The molecule has 0 saturated carbocycles. The van der Waals surface area contributed by atoms with Crippen molar-refractivity contribution >= 4 is 11.6 Å². The van der Waals surface area contributed by atoms with Crippen molar-refractivity contribution in [2.24, 2.45) is 0 Å². The molecular weight excluding hydrogens is 236 g/mol. The van der Waals surface area contributed by atoms with Crippen LogP contribution in [-0.2, 0) is 0 Å². The van der Waals surface area contributed by atoms with Crippen molar-refractivity contribution in [1.29, 1.82) is 0 Å². The van der Waals surface area contributed by atoms with Crippen LogP contribution in [0.25, 0.3) is 0 Å². The molecule has 0 radical (unpaired) electrons. The number of aryl methyl sites for hydroxylation is 1. The lowest BCUT2D eigenvalue weighted by molar-refractivity contribution is 0.409. The molecule has 0 spiro atoms. The van der Waals surface area contributed by atoms with Gasteiger partial charge in [-0.05, 0) is 36.8 Å². The second-order valence-electron chi connectivity index (χ2n) is 3.75. The Balaban J connectivity index is 2.26. The van der Waals surface area contributed by atoms with Crippen LogP contribution in [0.15, 0.2) is 42.5 Å². The average molecular weight is 249 g/mol. The van der Waals surface area contributed by atoms with Crippen LogP contribution >= 0.6 is 11.6 Å². The van der Waals surface area contributed by atoms with Crippen molar-refractivity contribution in [3.8, 4) is 17.2 Å². The molecule has 0 bridgehead atoms. The van der Waals surface area contributed by atoms with E-state index in [0.717, 1.165) is 11.3 Å². The Morgan fingerprint density at radius 1 is 0.941 bits per heavy atom. The van der Waals surface area contributed by atoms with Gasteiger partial charge < -0.3 is 9.47 Å². The van der Waals surface area contributed by atoms with E-state index in [-0.39, 0.29) is 0 Å². The summed E-state index contributed by atoms with van der Waals surface area (Å²) in [5.74, 6) is 2.13. The Kier molecular flexibility index (Phi) is 3.55. The molecule has 2 aromatic rings. The lowest BCUT2D eigenvalue weighted by atomic mass is 10.2. The quantitative estimate of drug-likeness (QED) is 0.799. The monoisotopic (exact) mass is 248 g/mol. The predicted octanol–water partition coefficient (Wildman–Crippen LogP) is 4.45. The highest BCUT2D eigenvalue weighted by molar-refractivity contribution is 6.30. The molecule has 2 nitrogen and oxygen atoms in total. The summed E-state index contributed by atoms with van der Waals surface area (Å²) in [5.41, 5.74) is 1.15. The molecule has 3 heteroatoms. The Morgan fingerprint density at radius 2 is 1.71 bits per heavy atom. The second kappa shape index (κ2) is 5.11. The molecule has 0 aliphatic rings. The van der Waals surface area contributed by atoms with Crippen LogP contribution in [0.5, 0.6) is 17.2 Å². The van der Waals surface area contributed by atoms with Crippen molar-refractivity contribution in [2.45, 2.75) is 6.92 Å². The first-order chi connectivity index (χ1) is 8.17. The minimum absolute atomic E-state index is 0.590. The maximum atomic E-state index is 5.97. The fourth-order valence-corrected chi connectivity index (χ4v) is 1.74. The zero-order valence-corrected chi connectivity index (χ0v) is 10.5. The lowest BCUT2D eigenvalue weighted by Crippen LogP contribution is -1.87. The summed E-state index contributed by atoms with van der Waals surface area (Å²) in [7, 11) is 1.60. The van der Waals surface area contributed by atoms with Crippen molar-refractivity contribution in [1.82, 2.24) is 0 Å². The standard InChI is InChI=1S/C14H13ClO2/c1-10-4-3-5-12(6-10)17-14-8-11(15)7-13(9-14)16-2/h3-9H,1-2H3. The van der Waals surface area contributed by atoms with Crippen LogP contribution in [-0.4, -0.2) is 7.11 Å². The molecule has 0 aromatic heterocycles. The molecule has 0 saturated heterocycles. The minimum atomic E-state index is 0.590. The van der Waals surface area contributed by atoms with Gasteiger partial charge in [0.05, 0.1) is 7.11 Å². The van der Waals surface area contributed by atoms with Gasteiger partial charge in [-0.3, -0.25) is 0 Å². The molecule has 0 N–H and O–H groups in total. The fraction of sp³-hybridized carbons (Fsp3) is 0.143. The molecule has 2 rings (SSSR count). The van der Waals surface area contributed by atoms with Crippen molar-refractivity contribution < 1.29 is 9.47 Å². The van der Waals surface area contributed by atoms with Gasteiger partial charge in [-0.15, -0.1) is 0 Å². The van der Waals surface area contributed by atoms with Crippen LogP contribution in [0.2, 0.25) is 5.02 Å². The van der Waals surface area contributed by atoms with Crippen LogP contribution in [0.4, 0.5) is 0 Å². The normalized spacial score (nSPS) is 10.1. The van der Waals surface area contributed by atoms with Gasteiger partial charge in [0.25, 0.3) is 0 Å². The molecule has 0 heterocycles. The topological polar surface area (TPSA) is 18.5 Å². The number of hydrogen-bond donors (Lipinski definition) is 0. The number of halogens is 1. The van der Waals surface area contributed by atoms with Gasteiger partial charge in [-0.2, -0.15) is 0 Å². The van der Waals surface area contributed by atoms with Crippen LogP contribution in [0.1, 0.15) is 5.56 Å². The van der Waals surface area contributed by atoms with Crippen LogP contribution < -0.4 is 9.47 Å². The van der Waals surface area contributed by atoms with Gasteiger partial charge in [-0.25, -0.2) is 0 Å². The SMILES string of the molecule is COc1cc(Cl)cc(Oc2cccc(C)c2)c1. The zero-order valence-electron chi connectivity index (χ0n) is 9.74. The van der Waals surface area contributed by atoms with E-state index in [0.29, 0.717) is 16.5 Å². The van der Waals surface area contributed by atoms with E-state index in [4.69, 9.17) is 21.1 Å². The lowest BCUT2D eigenvalue weighted by Gasteiger charge is -2.08. The molecular formula is C14H13ClO2. The van der Waals surface area contributed by atoms with Crippen molar-refractivity contribution in [3.63, 3.8) is 0 Å². The van der Waals surface area contributed by atoms with Gasteiger partial charge in [0.15, 0.2) is 0 Å². The van der Waals surface area contributed by atoms with Gasteiger partial charge >= 0.3 is 0 Å². The van der Waals surface area contributed by atoms with E-state index in [9.17, 15) is 0 Å². The Labute approximate surface area is 106 Å². The summed E-state index contributed by atoms with van der Waals surface area (Å²) >= 11 is 5.97. The summed E-state index contributed by atoms with van der Waals surface area (Å²) in [5, 5.41) is 0.590. The van der Waals surface area contributed by atoms with E-state index in [1.165, 1.54) is 0 Å². The maximum Gasteiger partial charge on any atom is 0.132 e. The van der Waals surface area contributed by atoms with Crippen LogP contribution in [0.3, 0.4) is 0 Å². The predicted molar refractivity (Wildman–Crippen MR) is 69.3 cm³/mol. The number of benzene rings is 2. The molecule has 17 heavy (non-hydrogen) atoms. The molecule has 0 aliphatic heterocycles. The van der Waals surface area contributed by atoms with Gasteiger partial charge in [0.1, 0.15) is 17.2 Å². The summed E-state index contributed by atoms with van der Waals surface area (Å²) in [4.78, 5) is 0. The first-order valence-electron chi connectivity index (χ1n) is 5.26. The number of hydrogen-bond acceptors (Lipinski definition) is 2. The molecule has 0 atom stereocenters. The third-order valence-corrected chi connectivity index (χ3v) is 2.52. The fourth-order valence-electron chi connectivity index (χ4n) is 1.53. The van der Waals surface area contributed by atoms with E-state index >= 15 is 0 Å². The van der Waals surface area contributed by atoms with E-state index in [1.54, 1.807) is 25.3 Å². The maximum absolute atomic E-state index is 5.97. The van der Waals surface area contributed by atoms with Crippen LogP contribution in [0, 0.1) is 6.92 Å². The molecule has 0 amide bonds. The van der Waals surface area contributed by atoms with Gasteiger partial charge in [0.2, 0.25) is 0 Å². The number of methoxy groups -OCH3 is 1. The molecule has 0 fully saturated rings. The third kappa shape index (κ3) is 3.14. The Morgan fingerprint density at radius 3 is 2.41 bits per heavy atom. The van der Waals surface area contributed by atoms with E-state index in [2.05, 4.69) is 0 Å². The first-order valence-corrected chi connectivity index (χ1v) is 5.64. The summed E-state index contributed by atoms with van der Waals surface area (Å²) in [6, 6.07) is 13.1. The molecule has 0 unspecified atom stereocenters. The first kappa shape index (κ1) is 11.8. The van der Waals surface area contributed by atoms with E-state index < -0.39 is 0 Å². The summed E-state index contributed by atoms with van der Waals surface area (Å²) < 4.78 is 10.9. The third-order valence-electron chi connectivity index (χ3n) is 2.31. The Bertz CT molecular complexity index is 523. The zero-order chi connectivity index (χ0) is 12.3. The van der Waals surface area contributed by atoms with Crippen molar-refractivity contribution in [2.75, 3.05) is 7.11 Å². The second-order valence-corrected chi connectivity index (χ2v) is 4.18. The molecule has 0 aliphatic carbocycles. The van der Waals surface area contributed by atoms with Crippen molar-refractivity contribution in [3.05, 3.63) is 53.1 Å². The minimum Gasteiger partial charge on any atom is -0.497 e. The number of rotatable bonds is 3. The molecule has 88 valence electrons. The highest BCUT2D eigenvalue weighted by atomic mass is 35.5. The molecule has 2 aromatic carbocycles. The van der Waals surface area contributed by atoms with E-state index in [1.807, 2.05) is 31.2 Å². The Hall–Kier alpha value is -1.67. The largest absolute Gasteiger partial charge is 0.497 e. The average Bonchev–Trinajstić information content (AvgIpc) is 2.28. The van der Waals surface area contributed by atoms with Gasteiger partial charge in [0, 0.05) is 11.1 Å². The highest BCUT2D eigenvalue weighted by Crippen LogP contribution is 2.29. The summed E-state index contributed by atoms with van der Waals surface area (Å²) in [6.07, 6.45) is 0. The number of ether oxygens (including phenoxy) is 2. The summed E-state index contributed by atoms with van der Waals surface area (Å²) in [6.45, 7) is 2.02. The van der Waals surface area contributed by atoms with Gasteiger partial charge in [-0.1, -0.05) is 23.7 Å².